The number of amides is 4. The summed E-state index contributed by atoms with van der Waals surface area (Å²) >= 11 is 0. The van der Waals surface area contributed by atoms with Crippen LogP contribution < -0.4 is 10.6 Å². The Morgan fingerprint density at radius 1 is 0.694 bits per heavy atom. The van der Waals surface area contributed by atoms with Crippen molar-refractivity contribution >= 4 is 46.1 Å². The molecular formula is C48H62N8O6. The number of alkyl carbamates (subject to hydrolysis) is 2. The highest BCUT2D eigenvalue weighted by molar-refractivity contribution is 5.87. The Morgan fingerprint density at radius 3 is 1.73 bits per heavy atom. The number of ether oxygens (including phenoxy) is 2. The summed E-state index contributed by atoms with van der Waals surface area (Å²) in [4.78, 5) is 72.8. The number of H-pyrrole nitrogens is 2. The maximum absolute atomic E-state index is 13.9. The maximum Gasteiger partial charge on any atom is 0.407 e. The third kappa shape index (κ3) is 9.29. The molecule has 4 amide bonds. The highest BCUT2D eigenvalue weighted by Gasteiger charge is 2.39. The van der Waals surface area contributed by atoms with Crippen molar-refractivity contribution in [1.82, 2.24) is 40.4 Å². The van der Waals surface area contributed by atoms with Crippen LogP contribution in [0.2, 0.25) is 0 Å². The predicted octanol–water partition coefficient (Wildman–Crippen LogP) is 8.20. The summed E-state index contributed by atoms with van der Waals surface area (Å²) < 4.78 is 9.63. The lowest BCUT2D eigenvalue weighted by atomic mass is 9.82. The first-order chi connectivity index (χ1) is 29.6. The zero-order valence-corrected chi connectivity index (χ0v) is 37.5. The molecule has 7 rings (SSSR count). The largest absolute Gasteiger partial charge is 0.453 e. The van der Waals surface area contributed by atoms with Crippen LogP contribution in [0.15, 0.2) is 60.7 Å². The SMILES string of the molecule is COC(=O)N[C@H](C(=O)N1CCC[C@H]1c1nc2cc(CC(c3ccc(C(C)(C)C)cc3)c3ccc4nc([C@@H]5CCCN5C(=O)[C@@H](NC(=O)OC)C(C)C)[nH]c4c3)ccc2[nH]1)C(C)C. The minimum Gasteiger partial charge on any atom is -0.453 e. The number of fused-ring (bicyclic) bond motifs is 2. The van der Waals surface area contributed by atoms with Crippen LogP contribution in [0.25, 0.3) is 22.1 Å². The minimum atomic E-state index is -0.710. The van der Waals surface area contributed by atoms with Crippen LogP contribution in [0, 0.1) is 11.8 Å². The fourth-order valence-corrected chi connectivity index (χ4v) is 9.04. The van der Waals surface area contributed by atoms with E-state index >= 15 is 0 Å². The maximum atomic E-state index is 13.9. The van der Waals surface area contributed by atoms with E-state index in [1.807, 2.05) is 37.5 Å². The van der Waals surface area contributed by atoms with Gasteiger partial charge in [0.05, 0.1) is 48.4 Å². The first kappa shape index (κ1) is 44.1. The molecule has 0 bridgehead atoms. The van der Waals surface area contributed by atoms with Gasteiger partial charge in [0.1, 0.15) is 23.7 Å². The molecule has 330 valence electrons. The Hall–Kier alpha value is -5.92. The number of nitrogens with zero attached hydrogens (tertiary/aromatic N) is 4. The molecule has 0 aliphatic carbocycles. The first-order valence-corrected chi connectivity index (χ1v) is 21.9. The van der Waals surface area contributed by atoms with Crippen molar-refractivity contribution < 1.29 is 28.7 Å². The second kappa shape index (κ2) is 18.2. The third-order valence-electron chi connectivity index (χ3n) is 12.6. The first-order valence-electron chi connectivity index (χ1n) is 21.9. The summed E-state index contributed by atoms with van der Waals surface area (Å²) in [5.74, 6) is 0.934. The van der Waals surface area contributed by atoms with E-state index in [-0.39, 0.29) is 47.1 Å². The lowest BCUT2D eigenvalue weighted by Crippen LogP contribution is -2.51. The second-order valence-corrected chi connectivity index (χ2v) is 18.6. The van der Waals surface area contributed by atoms with Crippen molar-refractivity contribution in [1.29, 1.82) is 0 Å². The fraction of sp³-hybridized carbons (Fsp3) is 0.500. The van der Waals surface area contributed by atoms with Crippen LogP contribution in [0.3, 0.4) is 0 Å². The third-order valence-corrected chi connectivity index (χ3v) is 12.6. The Kier molecular flexibility index (Phi) is 13.0. The molecule has 4 heterocycles. The van der Waals surface area contributed by atoms with Gasteiger partial charge in [0, 0.05) is 19.0 Å². The summed E-state index contributed by atoms with van der Waals surface area (Å²) in [6.45, 7) is 15.5. The molecule has 2 aromatic heterocycles. The molecule has 4 N–H and O–H groups in total. The molecule has 0 radical (unpaired) electrons. The molecule has 14 heteroatoms. The van der Waals surface area contributed by atoms with Crippen molar-refractivity contribution in [3.63, 3.8) is 0 Å². The predicted molar refractivity (Wildman–Crippen MR) is 239 cm³/mol. The smallest absolute Gasteiger partial charge is 0.407 e. The molecule has 0 spiro atoms. The summed E-state index contributed by atoms with van der Waals surface area (Å²) in [6, 6.07) is 19.8. The molecule has 3 aromatic carbocycles. The van der Waals surface area contributed by atoms with E-state index < -0.39 is 24.3 Å². The Labute approximate surface area is 363 Å². The van der Waals surface area contributed by atoms with Gasteiger partial charge in [-0.05, 0) is 95.9 Å². The number of hydrogen-bond donors (Lipinski definition) is 4. The average molecular weight is 847 g/mol. The number of rotatable bonds is 12. The lowest BCUT2D eigenvalue weighted by molar-refractivity contribution is -0.136. The fourth-order valence-electron chi connectivity index (χ4n) is 9.04. The van der Waals surface area contributed by atoms with Gasteiger partial charge in [-0.15, -0.1) is 0 Å². The summed E-state index contributed by atoms with van der Waals surface area (Å²) in [6.07, 6.45) is 2.66. The van der Waals surface area contributed by atoms with Gasteiger partial charge in [0.25, 0.3) is 0 Å². The van der Waals surface area contributed by atoms with Crippen LogP contribution in [0.4, 0.5) is 9.59 Å². The van der Waals surface area contributed by atoms with Crippen molar-refractivity contribution in [3.8, 4) is 0 Å². The van der Waals surface area contributed by atoms with Gasteiger partial charge in [0.15, 0.2) is 0 Å². The zero-order chi connectivity index (χ0) is 44.5. The number of imidazole rings is 2. The van der Waals surface area contributed by atoms with Gasteiger partial charge in [-0.1, -0.05) is 84.9 Å². The van der Waals surface area contributed by atoms with Crippen LogP contribution in [0.5, 0.6) is 0 Å². The van der Waals surface area contributed by atoms with Gasteiger partial charge in [-0.3, -0.25) is 9.59 Å². The summed E-state index contributed by atoms with van der Waals surface area (Å²) in [7, 11) is 2.59. The lowest BCUT2D eigenvalue weighted by Gasteiger charge is -2.29. The summed E-state index contributed by atoms with van der Waals surface area (Å²) in [5, 5.41) is 5.46. The molecule has 5 aromatic rings. The van der Waals surface area contributed by atoms with Crippen molar-refractivity contribution in [2.75, 3.05) is 27.3 Å². The number of likely N-dealkylation sites (tertiary alicyclic amines) is 2. The van der Waals surface area contributed by atoms with E-state index in [1.165, 1.54) is 25.3 Å². The van der Waals surface area contributed by atoms with Crippen molar-refractivity contribution in [2.45, 2.75) is 116 Å². The van der Waals surface area contributed by atoms with Crippen LogP contribution in [-0.2, 0) is 30.9 Å². The number of aromatic amines is 2. The number of benzene rings is 3. The molecule has 0 saturated carbocycles. The van der Waals surface area contributed by atoms with Crippen molar-refractivity contribution in [3.05, 3.63) is 94.6 Å². The number of hydrogen-bond acceptors (Lipinski definition) is 8. The number of carbonyl (C=O) groups excluding carboxylic acids is 4. The van der Waals surface area contributed by atoms with E-state index in [1.54, 1.807) is 0 Å². The topological polar surface area (TPSA) is 175 Å². The van der Waals surface area contributed by atoms with Crippen molar-refractivity contribution in [2.24, 2.45) is 11.8 Å². The Morgan fingerprint density at radius 2 is 1.21 bits per heavy atom. The van der Waals surface area contributed by atoms with E-state index in [0.29, 0.717) is 19.5 Å². The monoisotopic (exact) mass is 846 g/mol. The van der Waals surface area contributed by atoms with Crippen LogP contribution >= 0.6 is 0 Å². The Balaban J connectivity index is 1.18. The molecule has 2 aliphatic rings. The molecule has 2 aliphatic heterocycles. The molecule has 14 nitrogen and oxygen atoms in total. The number of aromatic nitrogens is 4. The molecule has 2 fully saturated rings. The summed E-state index contributed by atoms with van der Waals surface area (Å²) in [5.41, 5.74) is 8.14. The highest BCUT2D eigenvalue weighted by Crippen LogP contribution is 2.37. The van der Waals surface area contributed by atoms with E-state index in [4.69, 9.17) is 19.4 Å². The minimum absolute atomic E-state index is 0.00462. The molecule has 2 saturated heterocycles. The van der Waals surface area contributed by atoms with Crippen LogP contribution in [-0.4, -0.2) is 93.1 Å². The van der Waals surface area contributed by atoms with Gasteiger partial charge >= 0.3 is 12.2 Å². The average Bonchev–Trinajstić information content (AvgIpc) is 4.08. The van der Waals surface area contributed by atoms with Gasteiger partial charge in [0.2, 0.25) is 11.8 Å². The van der Waals surface area contributed by atoms with E-state index in [0.717, 1.165) is 70.5 Å². The zero-order valence-electron chi connectivity index (χ0n) is 37.5. The second-order valence-electron chi connectivity index (χ2n) is 18.6. The standard InChI is InChI=1S/C48H62N8O6/c1-27(2)40(53-46(59)61-8)44(57)55-22-10-12-38(55)42-49-34-20-14-29(25-36(34)51-42)24-33(30-15-18-32(19-16-30)48(5,6)7)31-17-21-35-37(26-31)52-43(50-35)39-13-11-23-56(39)45(58)41(28(3)4)54-47(60)62-9/h14-21,25-28,33,38-41H,10-13,22-24H2,1-9H3,(H,49,51)(H,50,52)(H,53,59)(H,54,60)/t33?,38-,39-,40-,41-/m0/s1. The quantitative estimate of drug-likeness (QED) is 0.0972. The highest BCUT2D eigenvalue weighted by atomic mass is 16.5. The van der Waals surface area contributed by atoms with E-state index in [9.17, 15) is 19.2 Å². The number of methoxy groups -OCH3 is 2. The molecule has 1 unspecified atom stereocenters. The normalized spacial score (nSPS) is 18.4. The number of nitrogens with one attached hydrogen (secondary N) is 4. The van der Waals surface area contributed by atoms with E-state index in [2.05, 4.69) is 102 Å². The van der Waals surface area contributed by atoms with Gasteiger partial charge in [-0.2, -0.15) is 0 Å². The van der Waals surface area contributed by atoms with Gasteiger partial charge in [-0.25, -0.2) is 19.6 Å². The number of carbonyl (C=O) groups is 4. The van der Waals surface area contributed by atoms with Crippen LogP contribution in [0.1, 0.15) is 126 Å². The molecular weight excluding hydrogens is 785 g/mol. The molecule has 5 atom stereocenters. The Bertz CT molecular complexity index is 2410. The molecule has 62 heavy (non-hydrogen) atoms. The van der Waals surface area contributed by atoms with Gasteiger partial charge < -0.3 is 39.9 Å².